The molecule has 15 nitrogen and oxygen atoms in total. The second kappa shape index (κ2) is 10.8. The second-order valence-corrected chi connectivity index (χ2v) is 11.1. The Bertz CT molecular complexity index is 1080. The fourth-order valence-electron chi connectivity index (χ4n) is 3.73. The van der Waals surface area contributed by atoms with E-state index in [1.807, 2.05) is 0 Å². The van der Waals surface area contributed by atoms with Crippen molar-refractivity contribution in [2.45, 2.75) is 70.0 Å². The summed E-state index contributed by atoms with van der Waals surface area (Å²) < 4.78 is 50.3. The molecule has 0 amide bonds. The number of aromatic amines is 1. The SMILES string of the molecule is CNC1CCC(OP(=O)(O)OP(=O)(O)OCC2OC(n3cc(C)c(=O)[nH]c3=O)CC2O)OC1C. The van der Waals surface area contributed by atoms with Gasteiger partial charge in [-0.2, -0.15) is 4.31 Å². The molecule has 17 heteroatoms. The van der Waals surface area contributed by atoms with E-state index in [9.17, 15) is 33.6 Å². The van der Waals surface area contributed by atoms with Gasteiger partial charge in [0.2, 0.25) is 0 Å². The van der Waals surface area contributed by atoms with E-state index >= 15 is 0 Å². The van der Waals surface area contributed by atoms with Gasteiger partial charge in [-0.15, -0.1) is 0 Å². The number of aromatic nitrogens is 2. The first-order valence-corrected chi connectivity index (χ1v) is 13.5. The summed E-state index contributed by atoms with van der Waals surface area (Å²) in [6.45, 7) is 2.51. The normalized spacial score (nSPS) is 33.4. The molecule has 194 valence electrons. The molecule has 2 aliphatic rings. The van der Waals surface area contributed by atoms with Gasteiger partial charge in [0.05, 0.1) is 18.8 Å². The number of aliphatic hydroxyl groups excluding tert-OH is 1. The maximum absolute atomic E-state index is 12.2. The monoisotopic (exact) mass is 529 g/mol. The van der Waals surface area contributed by atoms with Crippen LogP contribution in [0, 0.1) is 6.92 Å². The van der Waals surface area contributed by atoms with Crippen LogP contribution in [0.2, 0.25) is 0 Å². The molecule has 0 radical (unpaired) electrons. The van der Waals surface area contributed by atoms with Crippen molar-refractivity contribution in [1.29, 1.82) is 0 Å². The highest BCUT2D eigenvalue weighted by atomic mass is 31.3. The van der Waals surface area contributed by atoms with Crippen LogP contribution >= 0.6 is 15.6 Å². The highest BCUT2D eigenvalue weighted by Crippen LogP contribution is 2.61. The summed E-state index contributed by atoms with van der Waals surface area (Å²) in [7, 11) is -8.43. The van der Waals surface area contributed by atoms with E-state index in [4.69, 9.17) is 18.5 Å². The molecule has 0 aliphatic carbocycles. The highest BCUT2D eigenvalue weighted by Gasteiger charge is 2.42. The number of hydrogen-bond donors (Lipinski definition) is 5. The van der Waals surface area contributed by atoms with Crippen molar-refractivity contribution in [3.05, 3.63) is 32.6 Å². The third-order valence-corrected chi connectivity index (χ3v) is 8.16. The van der Waals surface area contributed by atoms with E-state index in [1.54, 1.807) is 14.0 Å². The number of ether oxygens (including phenoxy) is 2. The molecule has 1 aromatic rings. The number of phosphoric acid groups is 2. The first kappa shape index (κ1) is 27.4. The lowest BCUT2D eigenvalue weighted by Crippen LogP contribution is -2.44. The Balaban J connectivity index is 1.55. The molecule has 0 aromatic carbocycles. The highest BCUT2D eigenvalue weighted by molar-refractivity contribution is 7.61. The lowest BCUT2D eigenvalue weighted by molar-refractivity contribution is -0.158. The second-order valence-electron chi connectivity index (χ2n) is 8.07. The van der Waals surface area contributed by atoms with Gasteiger partial charge in [-0.1, -0.05) is 0 Å². The number of aliphatic hydroxyl groups is 1. The molecule has 2 saturated heterocycles. The summed E-state index contributed by atoms with van der Waals surface area (Å²) in [4.78, 5) is 45.4. The maximum atomic E-state index is 12.2. The number of aryl methyl sites for hydroxylation is 1. The van der Waals surface area contributed by atoms with Crippen molar-refractivity contribution in [1.82, 2.24) is 14.9 Å². The molecule has 3 rings (SSSR count). The summed E-state index contributed by atoms with van der Waals surface area (Å²) in [5.41, 5.74) is -1.09. The molecule has 0 spiro atoms. The number of phosphoric ester groups is 2. The predicted octanol–water partition coefficient (Wildman–Crippen LogP) is -0.143. The van der Waals surface area contributed by atoms with Crippen molar-refractivity contribution >= 4 is 15.6 Å². The summed E-state index contributed by atoms with van der Waals surface area (Å²) in [5.74, 6) is 0. The third kappa shape index (κ3) is 6.93. The maximum Gasteiger partial charge on any atom is 0.483 e. The van der Waals surface area contributed by atoms with Gasteiger partial charge in [0.25, 0.3) is 5.56 Å². The zero-order chi connectivity index (χ0) is 25.3. The van der Waals surface area contributed by atoms with Crippen molar-refractivity contribution in [3.63, 3.8) is 0 Å². The molecule has 2 fully saturated rings. The van der Waals surface area contributed by atoms with Crippen molar-refractivity contribution in [2.24, 2.45) is 0 Å². The summed E-state index contributed by atoms with van der Waals surface area (Å²) in [6, 6.07) is 0.0173. The smallest absolute Gasteiger partial charge is 0.390 e. The van der Waals surface area contributed by atoms with Crippen LogP contribution in [0.4, 0.5) is 0 Å². The molecule has 0 saturated carbocycles. The van der Waals surface area contributed by atoms with Gasteiger partial charge in [0.15, 0.2) is 6.29 Å². The minimum atomic E-state index is -5.12. The van der Waals surface area contributed by atoms with Crippen molar-refractivity contribution < 1.29 is 46.9 Å². The molecule has 5 N–H and O–H groups in total. The van der Waals surface area contributed by atoms with Gasteiger partial charge in [0.1, 0.15) is 12.3 Å². The topological polar surface area (TPSA) is 208 Å². The van der Waals surface area contributed by atoms with Gasteiger partial charge in [-0.25, -0.2) is 13.9 Å². The van der Waals surface area contributed by atoms with Crippen LogP contribution in [0.1, 0.15) is 38.0 Å². The van der Waals surface area contributed by atoms with Crippen molar-refractivity contribution in [3.8, 4) is 0 Å². The zero-order valence-corrected chi connectivity index (χ0v) is 20.5. The lowest BCUT2D eigenvalue weighted by Gasteiger charge is -2.34. The number of hydrogen-bond acceptors (Lipinski definition) is 11. The Morgan fingerprint density at radius 3 is 2.59 bits per heavy atom. The first-order valence-electron chi connectivity index (χ1n) is 10.5. The Labute approximate surface area is 194 Å². The minimum Gasteiger partial charge on any atom is -0.390 e. The van der Waals surface area contributed by atoms with E-state index in [0.29, 0.717) is 6.42 Å². The average molecular weight is 529 g/mol. The van der Waals surface area contributed by atoms with Gasteiger partial charge in [-0.05, 0) is 27.3 Å². The molecule has 1 aromatic heterocycles. The first-order chi connectivity index (χ1) is 15.8. The zero-order valence-electron chi connectivity index (χ0n) is 18.7. The predicted molar refractivity (Wildman–Crippen MR) is 115 cm³/mol. The fraction of sp³-hybridized carbons (Fsp3) is 0.765. The Morgan fingerprint density at radius 2 is 1.94 bits per heavy atom. The van der Waals surface area contributed by atoms with E-state index in [1.165, 1.54) is 13.1 Å². The van der Waals surface area contributed by atoms with Crippen LogP contribution in [-0.2, 0) is 32.0 Å². The molecular formula is C17H29N3O12P2. The van der Waals surface area contributed by atoms with Crippen LogP contribution in [0.25, 0.3) is 0 Å². The number of nitrogens with one attached hydrogen (secondary N) is 2. The van der Waals surface area contributed by atoms with E-state index in [-0.39, 0.29) is 30.6 Å². The number of H-pyrrole nitrogens is 1. The standard InChI is InChI=1S/C17H29N3O12P2/c1-9-7-20(17(23)19-16(9)22)14-6-12(21)13(30-14)8-28-33(24,25)32-34(26,27)31-15-5-4-11(18-3)10(2)29-15/h7,10-15,18,21H,4-6,8H2,1-3H3,(H,24,25)(H,26,27)(H,19,22,23). The van der Waals surface area contributed by atoms with Crippen LogP contribution in [0.5, 0.6) is 0 Å². The third-order valence-electron chi connectivity index (χ3n) is 5.54. The van der Waals surface area contributed by atoms with Gasteiger partial charge >= 0.3 is 21.3 Å². The van der Waals surface area contributed by atoms with Crippen LogP contribution in [0.15, 0.2) is 15.8 Å². The van der Waals surface area contributed by atoms with Crippen LogP contribution in [0.3, 0.4) is 0 Å². The summed E-state index contributed by atoms with van der Waals surface area (Å²) >= 11 is 0. The quantitative estimate of drug-likeness (QED) is 0.264. The minimum absolute atomic E-state index is 0.0173. The Hall–Kier alpha value is -1.22. The van der Waals surface area contributed by atoms with Gasteiger partial charge in [-0.3, -0.25) is 23.4 Å². The van der Waals surface area contributed by atoms with Crippen LogP contribution in [-0.4, -0.2) is 68.7 Å². The fourth-order valence-corrected chi connectivity index (χ4v) is 5.91. The van der Waals surface area contributed by atoms with Crippen LogP contribution < -0.4 is 16.6 Å². The Kier molecular flexibility index (Phi) is 8.70. The number of nitrogens with zero attached hydrogens (tertiary/aromatic N) is 1. The molecule has 3 heterocycles. The van der Waals surface area contributed by atoms with Gasteiger partial charge < -0.3 is 29.7 Å². The number of likely N-dealkylation sites (N-methyl/N-ethyl adjacent to an activating group) is 1. The molecule has 8 unspecified atom stereocenters. The van der Waals surface area contributed by atoms with Crippen molar-refractivity contribution in [2.75, 3.05) is 13.7 Å². The molecule has 8 atom stereocenters. The molecule has 34 heavy (non-hydrogen) atoms. The molecular weight excluding hydrogens is 500 g/mol. The summed E-state index contributed by atoms with van der Waals surface area (Å²) in [5, 5.41) is 13.2. The van der Waals surface area contributed by atoms with E-state index in [2.05, 4.69) is 14.6 Å². The average Bonchev–Trinajstić information content (AvgIpc) is 3.08. The molecule has 2 aliphatic heterocycles. The largest absolute Gasteiger partial charge is 0.483 e. The van der Waals surface area contributed by atoms with E-state index in [0.717, 1.165) is 4.57 Å². The number of rotatable bonds is 9. The van der Waals surface area contributed by atoms with Gasteiger partial charge in [0, 0.05) is 30.6 Å². The summed E-state index contributed by atoms with van der Waals surface area (Å²) in [6.07, 6.45) is -2.84. The lowest BCUT2D eigenvalue weighted by atomic mass is 10.0. The Morgan fingerprint density at radius 1 is 1.24 bits per heavy atom. The van der Waals surface area contributed by atoms with E-state index < -0.39 is 58.2 Å². The molecule has 0 bridgehead atoms.